The third kappa shape index (κ3) is 5.93. The average Bonchev–Trinajstić information content (AvgIpc) is 3.62. The van der Waals surface area contributed by atoms with E-state index in [4.69, 9.17) is 32.7 Å². The van der Waals surface area contributed by atoms with Crippen LogP contribution in [-0.4, -0.2) is 40.9 Å². The van der Waals surface area contributed by atoms with E-state index in [0.29, 0.717) is 38.9 Å². The van der Waals surface area contributed by atoms with Crippen molar-refractivity contribution in [3.05, 3.63) is 160 Å². The minimum Gasteiger partial charge on any atom is -0.508 e. The van der Waals surface area contributed by atoms with Gasteiger partial charge >= 0.3 is 0 Å². The van der Waals surface area contributed by atoms with Crippen LogP contribution in [0.2, 0.25) is 10.0 Å². The molecule has 5 aromatic rings. The minimum atomic E-state index is -1.64. The number of amides is 4. The van der Waals surface area contributed by atoms with Crippen molar-refractivity contribution in [3.63, 3.8) is 0 Å². The molecule has 6 atom stereocenters. The number of aromatic hydroxyl groups is 1. The molecule has 0 spiro atoms. The Bertz CT molecular complexity index is 2500. The molecule has 5 aromatic carbocycles. The number of hydrogen-bond donors (Lipinski definition) is 2. The molecule has 58 heavy (non-hydrogen) atoms. The lowest BCUT2D eigenvalue weighted by Gasteiger charge is -2.50. The van der Waals surface area contributed by atoms with Crippen molar-refractivity contribution in [3.8, 4) is 17.2 Å². The van der Waals surface area contributed by atoms with E-state index in [1.54, 1.807) is 72.8 Å². The molecule has 292 valence electrons. The Morgan fingerprint density at radius 2 is 1.50 bits per heavy atom. The Morgan fingerprint density at radius 1 is 0.793 bits per heavy atom. The van der Waals surface area contributed by atoms with Gasteiger partial charge < -0.3 is 14.6 Å². The van der Waals surface area contributed by atoms with Crippen LogP contribution >= 0.6 is 23.2 Å². The van der Waals surface area contributed by atoms with Crippen LogP contribution in [0.1, 0.15) is 35.4 Å². The number of imide groups is 2. The molecule has 0 aromatic heterocycles. The number of phenolic OH excluding ortho intramolecular Hbond substituents is 1. The van der Waals surface area contributed by atoms with Crippen LogP contribution in [0.25, 0.3) is 0 Å². The number of halogens is 2. The summed E-state index contributed by atoms with van der Waals surface area (Å²) in [5, 5.41) is 13.6. The van der Waals surface area contributed by atoms with Gasteiger partial charge in [-0.15, -0.1) is 0 Å². The van der Waals surface area contributed by atoms with Crippen molar-refractivity contribution in [2.75, 3.05) is 17.4 Å². The van der Waals surface area contributed by atoms with E-state index in [9.17, 15) is 14.7 Å². The standard InChI is InChI=1S/C46H37Cl2N3O7/c1-57-30-15-12-27(13-16-30)46-36(43(54)51(45(46)56)49-38-21-14-28(47)22-37(38)48)24-35-32(19-20-34-40(35)44(55)50(42(34)53)29-10-6-3-7-11-29)41(46)33-18-17-31(23-39(33)52)58-25-26-8-4-2-5-9-26/h2-19,21-23,34-36,40-41,49,52H,20,24-25H2,1H3. The molecular formula is C46H37Cl2N3O7. The van der Waals surface area contributed by atoms with Crippen LogP contribution in [0.4, 0.5) is 11.4 Å². The van der Waals surface area contributed by atoms with Crippen molar-refractivity contribution in [1.29, 1.82) is 0 Å². The zero-order valence-electron chi connectivity index (χ0n) is 31.2. The van der Waals surface area contributed by atoms with Gasteiger partial charge in [0, 0.05) is 22.6 Å². The highest BCUT2D eigenvalue weighted by Crippen LogP contribution is 2.65. The minimum absolute atomic E-state index is 0.0767. The highest BCUT2D eigenvalue weighted by molar-refractivity contribution is 6.36. The van der Waals surface area contributed by atoms with Crippen molar-refractivity contribution < 1.29 is 33.8 Å². The molecule has 2 aliphatic carbocycles. The predicted molar refractivity (Wildman–Crippen MR) is 218 cm³/mol. The lowest BCUT2D eigenvalue weighted by Crippen LogP contribution is -2.53. The van der Waals surface area contributed by atoms with Crippen molar-refractivity contribution >= 4 is 58.2 Å². The molecule has 4 amide bonds. The second kappa shape index (κ2) is 14.7. The summed E-state index contributed by atoms with van der Waals surface area (Å²) in [5.41, 5.74) is 4.63. The fourth-order valence-electron chi connectivity index (χ4n) is 9.62. The number of hydrazine groups is 1. The van der Waals surface area contributed by atoms with E-state index in [0.717, 1.165) is 10.6 Å². The highest BCUT2D eigenvalue weighted by atomic mass is 35.5. The maximum absolute atomic E-state index is 15.6. The van der Waals surface area contributed by atoms with Gasteiger partial charge in [0.05, 0.1) is 46.7 Å². The Balaban J connectivity index is 1.22. The number of nitrogens with zero attached hydrogens (tertiary/aromatic N) is 2. The van der Waals surface area contributed by atoms with Gasteiger partial charge in [0.25, 0.3) is 11.8 Å². The second-order valence-corrected chi connectivity index (χ2v) is 15.9. The molecule has 2 N–H and O–H groups in total. The van der Waals surface area contributed by atoms with Crippen molar-refractivity contribution in [2.24, 2.45) is 23.7 Å². The molecule has 12 heteroatoms. The molecule has 4 aliphatic rings. The number of hydrogen-bond acceptors (Lipinski definition) is 8. The lowest BCUT2D eigenvalue weighted by atomic mass is 9.49. The van der Waals surface area contributed by atoms with Gasteiger partial charge in [-0.05, 0) is 78.4 Å². The number of anilines is 2. The smallest absolute Gasteiger partial charge is 0.260 e. The van der Waals surface area contributed by atoms with E-state index in [1.165, 1.54) is 24.1 Å². The Morgan fingerprint density at radius 3 is 2.19 bits per heavy atom. The van der Waals surface area contributed by atoms with Gasteiger partial charge in [-0.2, -0.15) is 5.01 Å². The largest absolute Gasteiger partial charge is 0.508 e. The first-order valence-corrected chi connectivity index (χ1v) is 19.7. The van der Waals surface area contributed by atoms with Crippen LogP contribution in [0.15, 0.2) is 133 Å². The number of carbonyl (C=O) groups is 4. The molecule has 2 aliphatic heterocycles. The third-order valence-corrected chi connectivity index (χ3v) is 12.7. The van der Waals surface area contributed by atoms with Crippen LogP contribution < -0.4 is 19.8 Å². The van der Waals surface area contributed by atoms with Crippen LogP contribution in [0.5, 0.6) is 17.2 Å². The van der Waals surface area contributed by atoms with Gasteiger partial charge in [0.15, 0.2) is 0 Å². The predicted octanol–water partition coefficient (Wildman–Crippen LogP) is 8.48. The normalized spacial score (nSPS) is 24.9. The molecule has 9 rings (SSSR count). The van der Waals surface area contributed by atoms with E-state index < -0.39 is 46.8 Å². The summed E-state index contributed by atoms with van der Waals surface area (Å²) in [6.45, 7) is 0.256. The van der Waals surface area contributed by atoms with Crippen LogP contribution in [-0.2, 0) is 31.2 Å². The number of rotatable bonds is 9. The summed E-state index contributed by atoms with van der Waals surface area (Å²) in [5.74, 6) is -5.14. The van der Waals surface area contributed by atoms with Crippen molar-refractivity contribution in [2.45, 2.75) is 30.8 Å². The highest BCUT2D eigenvalue weighted by Gasteiger charge is 2.70. The summed E-state index contributed by atoms with van der Waals surface area (Å²) in [7, 11) is 1.54. The van der Waals surface area contributed by atoms with Crippen LogP contribution in [0, 0.1) is 23.7 Å². The maximum Gasteiger partial charge on any atom is 0.260 e. The lowest BCUT2D eigenvalue weighted by molar-refractivity contribution is -0.138. The first-order valence-electron chi connectivity index (χ1n) is 19.0. The number of benzene rings is 5. The number of fused-ring (bicyclic) bond motifs is 4. The topological polar surface area (TPSA) is 125 Å². The molecule has 2 saturated heterocycles. The summed E-state index contributed by atoms with van der Waals surface area (Å²) >= 11 is 12.8. The zero-order chi connectivity index (χ0) is 40.3. The maximum atomic E-state index is 15.6. The van der Waals surface area contributed by atoms with E-state index in [-0.39, 0.29) is 47.7 Å². The number of nitrogens with one attached hydrogen (secondary N) is 1. The van der Waals surface area contributed by atoms with E-state index in [1.807, 2.05) is 42.5 Å². The van der Waals surface area contributed by atoms with Crippen molar-refractivity contribution in [1.82, 2.24) is 5.01 Å². The number of allylic oxidation sites excluding steroid dienone is 2. The molecule has 2 heterocycles. The van der Waals surface area contributed by atoms with E-state index >= 15 is 9.59 Å². The monoisotopic (exact) mass is 813 g/mol. The Labute approximate surface area is 344 Å². The summed E-state index contributed by atoms with van der Waals surface area (Å²) in [6, 6.07) is 35.1. The SMILES string of the molecule is COc1ccc(C23C(=O)N(Nc4ccc(Cl)cc4Cl)C(=O)C2CC2C(=CCC4C(=O)N(c5ccccc5)C(=O)C42)C3c2ccc(OCc3ccccc3)cc2O)cc1. The second-order valence-electron chi connectivity index (χ2n) is 15.1. The molecule has 1 saturated carbocycles. The fourth-order valence-corrected chi connectivity index (χ4v) is 10.1. The summed E-state index contributed by atoms with van der Waals surface area (Å²) < 4.78 is 11.6. The van der Waals surface area contributed by atoms with Crippen LogP contribution in [0.3, 0.4) is 0 Å². The number of para-hydroxylation sites is 1. The summed E-state index contributed by atoms with van der Waals surface area (Å²) in [6.07, 6.45) is 2.25. The summed E-state index contributed by atoms with van der Waals surface area (Å²) in [4.78, 5) is 60.5. The molecule has 0 radical (unpaired) electrons. The van der Waals surface area contributed by atoms with Gasteiger partial charge in [0.1, 0.15) is 23.9 Å². The Kier molecular flexibility index (Phi) is 9.49. The molecule has 3 fully saturated rings. The van der Waals surface area contributed by atoms with Gasteiger partial charge in [0.2, 0.25) is 11.8 Å². The average molecular weight is 815 g/mol. The quantitative estimate of drug-likeness (QED) is 0.112. The van der Waals surface area contributed by atoms with E-state index in [2.05, 4.69) is 5.43 Å². The van der Waals surface area contributed by atoms with Gasteiger partial charge in [-0.3, -0.25) is 29.5 Å². The molecule has 6 unspecified atom stereocenters. The molecule has 0 bridgehead atoms. The molecule has 10 nitrogen and oxygen atoms in total. The first kappa shape index (κ1) is 37.5. The third-order valence-electron chi connectivity index (χ3n) is 12.2. The zero-order valence-corrected chi connectivity index (χ0v) is 32.7. The first-order chi connectivity index (χ1) is 28.1. The fraction of sp³-hybridized carbons (Fsp3) is 0.217. The number of methoxy groups -OCH3 is 1. The number of phenols is 1. The van der Waals surface area contributed by atoms with Gasteiger partial charge in [-0.1, -0.05) is 102 Å². The van der Waals surface area contributed by atoms with Gasteiger partial charge in [-0.25, -0.2) is 0 Å². The Hall–Kier alpha value is -6.10. The molecular weight excluding hydrogens is 777 g/mol. The number of carbonyl (C=O) groups excluding carboxylic acids is 4. The number of ether oxygens (including phenoxy) is 2.